The largest absolute Gasteiger partial charge is 0.444 e. The Hall–Kier alpha value is -2.73. The SMILES string of the molecule is O=c1c2c3c(sc2ncn1Cc1coc(-c2ccccc2)n1)CCC3. The summed E-state index contributed by atoms with van der Waals surface area (Å²) in [7, 11) is 0. The summed E-state index contributed by atoms with van der Waals surface area (Å²) in [5.74, 6) is 0.564. The summed E-state index contributed by atoms with van der Waals surface area (Å²) in [6.45, 7) is 0.364. The van der Waals surface area contributed by atoms with Crippen molar-refractivity contribution in [3.05, 3.63) is 69.4 Å². The number of benzene rings is 1. The summed E-state index contributed by atoms with van der Waals surface area (Å²) in [6, 6.07) is 9.73. The maximum atomic E-state index is 12.9. The fraction of sp³-hybridized carbons (Fsp3) is 0.211. The molecule has 0 N–H and O–H groups in total. The van der Waals surface area contributed by atoms with Crippen LogP contribution in [0.4, 0.5) is 0 Å². The fourth-order valence-electron chi connectivity index (χ4n) is 3.40. The van der Waals surface area contributed by atoms with Crippen LogP contribution in [-0.4, -0.2) is 14.5 Å². The summed E-state index contributed by atoms with van der Waals surface area (Å²) in [5, 5.41) is 0.798. The molecule has 0 atom stereocenters. The lowest BCUT2D eigenvalue weighted by atomic mass is 10.2. The Morgan fingerprint density at radius 1 is 1.20 bits per heavy atom. The van der Waals surface area contributed by atoms with Crippen molar-refractivity contribution >= 4 is 21.6 Å². The molecule has 1 aliphatic rings. The van der Waals surface area contributed by atoms with Crippen molar-refractivity contribution in [2.24, 2.45) is 0 Å². The van der Waals surface area contributed by atoms with E-state index in [0.29, 0.717) is 18.1 Å². The molecule has 0 aliphatic heterocycles. The molecule has 124 valence electrons. The van der Waals surface area contributed by atoms with Crippen molar-refractivity contribution in [2.45, 2.75) is 25.8 Å². The third kappa shape index (κ3) is 2.41. The molecule has 25 heavy (non-hydrogen) atoms. The summed E-state index contributed by atoms with van der Waals surface area (Å²) in [4.78, 5) is 24.1. The molecule has 1 aromatic carbocycles. The predicted octanol–water partition coefficient (Wildman–Crippen LogP) is 3.65. The zero-order valence-electron chi connectivity index (χ0n) is 13.4. The second-order valence-corrected chi connectivity index (χ2v) is 7.31. The lowest BCUT2D eigenvalue weighted by molar-refractivity contribution is 0.571. The molecule has 6 heteroatoms. The van der Waals surface area contributed by atoms with Crippen LogP contribution in [0, 0.1) is 0 Å². The minimum Gasteiger partial charge on any atom is -0.444 e. The molecule has 3 aromatic heterocycles. The molecule has 0 unspecified atom stereocenters. The molecule has 0 radical (unpaired) electrons. The van der Waals surface area contributed by atoms with E-state index in [2.05, 4.69) is 9.97 Å². The lowest BCUT2D eigenvalue weighted by Gasteiger charge is -2.03. The summed E-state index contributed by atoms with van der Waals surface area (Å²) < 4.78 is 7.19. The molecular formula is C19H15N3O2S. The molecule has 5 nitrogen and oxygen atoms in total. The van der Waals surface area contributed by atoms with E-state index in [1.54, 1.807) is 28.5 Å². The van der Waals surface area contributed by atoms with E-state index < -0.39 is 0 Å². The third-order valence-corrected chi connectivity index (χ3v) is 5.80. The van der Waals surface area contributed by atoms with Crippen LogP contribution in [0.1, 0.15) is 22.6 Å². The monoisotopic (exact) mass is 349 g/mol. The smallest absolute Gasteiger partial charge is 0.262 e. The minimum atomic E-state index is 0.0219. The minimum absolute atomic E-state index is 0.0219. The van der Waals surface area contributed by atoms with Crippen LogP contribution in [0.2, 0.25) is 0 Å². The molecule has 3 heterocycles. The molecule has 0 saturated heterocycles. The molecule has 0 bridgehead atoms. The number of hydrogen-bond donors (Lipinski definition) is 0. The van der Waals surface area contributed by atoms with Crippen molar-refractivity contribution in [3.63, 3.8) is 0 Å². The second kappa shape index (κ2) is 5.67. The Labute approximate surface area is 147 Å². The number of thiophene rings is 1. The molecule has 5 rings (SSSR count). The highest BCUT2D eigenvalue weighted by molar-refractivity contribution is 7.18. The van der Waals surface area contributed by atoms with Crippen LogP contribution >= 0.6 is 11.3 Å². The predicted molar refractivity (Wildman–Crippen MR) is 96.9 cm³/mol. The summed E-state index contributed by atoms with van der Waals surface area (Å²) >= 11 is 1.66. The van der Waals surface area contributed by atoms with Gasteiger partial charge in [-0.25, -0.2) is 9.97 Å². The first kappa shape index (κ1) is 14.6. The van der Waals surface area contributed by atoms with Gasteiger partial charge in [-0.05, 0) is 37.0 Å². The third-order valence-electron chi connectivity index (χ3n) is 4.60. The van der Waals surface area contributed by atoms with E-state index in [-0.39, 0.29) is 5.56 Å². The highest BCUT2D eigenvalue weighted by Crippen LogP contribution is 2.34. The second-order valence-electron chi connectivity index (χ2n) is 6.23. The van der Waals surface area contributed by atoms with E-state index in [1.807, 2.05) is 30.3 Å². The van der Waals surface area contributed by atoms with Crippen LogP contribution in [-0.2, 0) is 19.4 Å². The number of fused-ring (bicyclic) bond motifs is 3. The molecule has 0 saturated carbocycles. The Morgan fingerprint density at radius 2 is 2.08 bits per heavy atom. The van der Waals surface area contributed by atoms with Gasteiger partial charge in [0.05, 0.1) is 24.0 Å². The number of rotatable bonds is 3. The topological polar surface area (TPSA) is 60.9 Å². The maximum Gasteiger partial charge on any atom is 0.262 e. The van der Waals surface area contributed by atoms with Gasteiger partial charge in [0.1, 0.15) is 11.1 Å². The highest BCUT2D eigenvalue weighted by atomic mass is 32.1. The van der Waals surface area contributed by atoms with Crippen LogP contribution < -0.4 is 5.56 Å². The van der Waals surface area contributed by atoms with Crippen LogP contribution in [0.3, 0.4) is 0 Å². The van der Waals surface area contributed by atoms with Gasteiger partial charge in [0.25, 0.3) is 5.56 Å². The van der Waals surface area contributed by atoms with E-state index >= 15 is 0 Å². The first-order chi connectivity index (χ1) is 12.3. The Kier molecular flexibility index (Phi) is 3.31. The van der Waals surface area contributed by atoms with E-state index in [9.17, 15) is 4.79 Å². The molecule has 0 fully saturated rings. The fourth-order valence-corrected chi connectivity index (χ4v) is 4.62. The van der Waals surface area contributed by atoms with Gasteiger partial charge < -0.3 is 4.42 Å². The molecule has 1 aliphatic carbocycles. The first-order valence-corrected chi connectivity index (χ1v) is 9.11. The Bertz CT molecular complexity index is 1120. The van der Waals surface area contributed by atoms with Gasteiger partial charge in [0.2, 0.25) is 5.89 Å². The van der Waals surface area contributed by atoms with Gasteiger partial charge in [0.15, 0.2) is 0 Å². The van der Waals surface area contributed by atoms with Gasteiger partial charge in [-0.2, -0.15) is 0 Å². The van der Waals surface area contributed by atoms with E-state index in [1.165, 1.54) is 10.4 Å². The van der Waals surface area contributed by atoms with Crippen molar-refractivity contribution in [3.8, 4) is 11.5 Å². The van der Waals surface area contributed by atoms with Gasteiger partial charge in [-0.15, -0.1) is 11.3 Å². The molecule has 0 amide bonds. The lowest BCUT2D eigenvalue weighted by Crippen LogP contribution is -2.21. The first-order valence-electron chi connectivity index (χ1n) is 8.29. The Morgan fingerprint density at radius 3 is 2.96 bits per heavy atom. The summed E-state index contributed by atoms with van der Waals surface area (Å²) in [5.41, 5.74) is 2.87. The normalized spacial score (nSPS) is 13.4. The van der Waals surface area contributed by atoms with E-state index in [0.717, 1.165) is 35.0 Å². The number of aromatic nitrogens is 3. The highest BCUT2D eigenvalue weighted by Gasteiger charge is 2.21. The summed E-state index contributed by atoms with van der Waals surface area (Å²) in [6.07, 6.45) is 6.41. The quantitative estimate of drug-likeness (QED) is 0.566. The van der Waals surface area contributed by atoms with Crippen LogP contribution in [0.15, 0.2) is 52.1 Å². The number of oxazole rings is 1. The number of nitrogens with zero attached hydrogens (tertiary/aromatic N) is 3. The van der Waals surface area contributed by atoms with Gasteiger partial charge in [-0.1, -0.05) is 18.2 Å². The molecule has 4 aromatic rings. The van der Waals surface area contributed by atoms with Gasteiger partial charge >= 0.3 is 0 Å². The van der Waals surface area contributed by atoms with Gasteiger partial charge in [-0.3, -0.25) is 9.36 Å². The average molecular weight is 349 g/mol. The maximum absolute atomic E-state index is 12.9. The molecular weight excluding hydrogens is 334 g/mol. The van der Waals surface area contributed by atoms with Crippen molar-refractivity contribution in [2.75, 3.05) is 0 Å². The van der Waals surface area contributed by atoms with Crippen LogP contribution in [0.25, 0.3) is 21.7 Å². The number of aryl methyl sites for hydroxylation is 2. The molecule has 0 spiro atoms. The van der Waals surface area contributed by atoms with Crippen molar-refractivity contribution < 1.29 is 4.42 Å². The zero-order valence-corrected chi connectivity index (χ0v) is 14.3. The van der Waals surface area contributed by atoms with Crippen molar-refractivity contribution in [1.29, 1.82) is 0 Å². The zero-order chi connectivity index (χ0) is 16.8. The standard InChI is InChI=1S/C19H15N3O2S/c23-19-16-14-7-4-8-15(14)25-18(16)20-11-22(19)9-13-10-24-17(21-13)12-5-2-1-3-6-12/h1-3,5-6,10-11H,4,7-9H2. The Balaban J connectivity index is 1.52. The van der Waals surface area contributed by atoms with E-state index in [4.69, 9.17) is 4.42 Å². The number of hydrogen-bond acceptors (Lipinski definition) is 5. The van der Waals surface area contributed by atoms with Gasteiger partial charge in [0, 0.05) is 10.4 Å². The van der Waals surface area contributed by atoms with Crippen molar-refractivity contribution in [1.82, 2.24) is 14.5 Å². The van der Waals surface area contributed by atoms with Crippen LogP contribution in [0.5, 0.6) is 0 Å². The average Bonchev–Trinajstić information content (AvgIpc) is 3.34.